The zero-order valence-corrected chi connectivity index (χ0v) is 18.4. The van der Waals surface area contributed by atoms with E-state index in [2.05, 4.69) is 0 Å². The summed E-state index contributed by atoms with van der Waals surface area (Å²) >= 11 is 0. The van der Waals surface area contributed by atoms with Gasteiger partial charge in [-0.05, 0) is 61.0 Å². The van der Waals surface area contributed by atoms with Crippen molar-refractivity contribution in [3.63, 3.8) is 0 Å². The largest absolute Gasteiger partial charge is 0.494 e. The molecule has 7 heteroatoms. The number of carbonyl (C=O) groups excluding carboxylic acids is 2. The molecule has 3 aromatic carbocycles. The monoisotopic (exact) mass is 446 g/mol. The Morgan fingerprint density at radius 1 is 0.909 bits per heavy atom. The first-order valence-electron chi connectivity index (χ1n) is 10.3. The van der Waals surface area contributed by atoms with E-state index in [4.69, 9.17) is 23.7 Å². The van der Waals surface area contributed by atoms with E-state index in [0.717, 1.165) is 11.3 Å². The zero-order valence-electron chi connectivity index (χ0n) is 18.4. The Hall–Kier alpha value is -4.26. The van der Waals surface area contributed by atoms with E-state index < -0.39 is 5.97 Å². The fraction of sp³-hybridized carbons (Fsp3) is 0.154. The Bertz CT molecular complexity index is 1230. The van der Waals surface area contributed by atoms with E-state index in [1.807, 2.05) is 31.2 Å². The Balaban J connectivity index is 1.50. The first-order valence-corrected chi connectivity index (χ1v) is 10.3. The number of esters is 1. The van der Waals surface area contributed by atoms with Crippen molar-refractivity contribution in [2.45, 2.75) is 6.92 Å². The number of hydrogen-bond acceptors (Lipinski definition) is 7. The van der Waals surface area contributed by atoms with Gasteiger partial charge in [-0.15, -0.1) is 0 Å². The van der Waals surface area contributed by atoms with Crippen LogP contribution in [0.4, 0.5) is 0 Å². The van der Waals surface area contributed by atoms with Crippen molar-refractivity contribution >= 4 is 17.8 Å². The van der Waals surface area contributed by atoms with Crippen molar-refractivity contribution in [3.8, 4) is 28.7 Å². The van der Waals surface area contributed by atoms with Gasteiger partial charge < -0.3 is 23.7 Å². The van der Waals surface area contributed by atoms with E-state index in [1.165, 1.54) is 26.4 Å². The van der Waals surface area contributed by atoms with Crippen LogP contribution in [0.2, 0.25) is 0 Å². The molecule has 0 atom stereocenters. The minimum Gasteiger partial charge on any atom is -0.494 e. The van der Waals surface area contributed by atoms with Crippen LogP contribution in [0.15, 0.2) is 66.4 Å². The maximum Gasteiger partial charge on any atom is 0.343 e. The van der Waals surface area contributed by atoms with E-state index in [9.17, 15) is 9.59 Å². The smallest absolute Gasteiger partial charge is 0.343 e. The van der Waals surface area contributed by atoms with Crippen LogP contribution in [-0.2, 0) is 0 Å². The number of benzene rings is 3. The SMILES string of the molecule is CCOc1ccc(/C=C2\Oc3cc(OC(=O)c4ccc(OC)c(OC)c4)ccc3C2=O)cc1. The van der Waals surface area contributed by atoms with Crippen LogP contribution in [0.1, 0.15) is 33.2 Å². The number of ketones is 1. The molecule has 168 valence electrons. The van der Waals surface area contributed by atoms with Gasteiger partial charge in [0.2, 0.25) is 5.78 Å². The van der Waals surface area contributed by atoms with Crippen molar-refractivity contribution in [1.82, 2.24) is 0 Å². The predicted molar refractivity (Wildman–Crippen MR) is 121 cm³/mol. The maximum absolute atomic E-state index is 12.7. The average Bonchev–Trinajstić information content (AvgIpc) is 3.14. The van der Waals surface area contributed by atoms with Crippen molar-refractivity contribution in [1.29, 1.82) is 0 Å². The molecule has 0 unspecified atom stereocenters. The maximum atomic E-state index is 12.7. The minimum atomic E-state index is -0.578. The van der Waals surface area contributed by atoms with Crippen LogP contribution in [0.5, 0.6) is 28.7 Å². The second-order valence-electron chi connectivity index (χ2n) is 7.06. The van der Waals surface area contributed by atoms with Gasteiger partial charge in [-0.2, -0.15) is 0 Å². The van der Waals surface area contributed by atoms with Crippen molar-refractivity contribution in [2.75, 3.05) is 20.8 Å². The summed E-state index contributed by atoms with van der Waals surface area (Å²) < 4.78 is 27.0. The number of methoxy groups -OCH3 is 2. The first kappa shape index (κ1) is 22.0. The third kappa shape index (κ3) is 4.67. The molecule has 0 amide bonds. The average molecular weight is 446 g/mol. The number of Topliss-reactive ketones (excluding diaryl/α,β-unsaturated/α-hetero) is 1. The summed E-state index contributed by atoms with van der Waals surface area (Å²) in [6.07, 6.45) is 1.66. The van der Waals surface area contributed by atoms with Crippen molar-refractivity contribution in [3.05, 3.63) is 83.1 Å². The van der Waals surface area contributed by atoms with Gasteiger partial charge in [-0.3, -0.25) is 4.79 Å². The summed E-state index contributed by atoms with van der Waals surface area (Å²) in [5.74, 6) is 1.63. The summed E-state index contributed by atoms with van der Waals surface area (Å²) in [5, 5.41) is 0. The Labute approximate surface area is 191 Å². The lowest BCUT2D eigenvalue weighted by atomic mass is 10.1. The molecule has 4 rings (SSSR count). The van der Waals surface area contributed by atoms with Gasteiger partial charge in [0.05, 0.1) is 32.0 Å². The van der Waals surface area contributed by atoms with Gasteiger partial charge >= 0.3 is 5.97 Å². The summed E-state index contributed by atoms with van der Waals surface area (Å²) in [6, 6.07) is 16.7. The molecular weight excluding hydrogens is 424 g/mol. The molecule has 3 aromatic rings. The van der Waals surface area contributed by atoms with Gasteiger partial charge in [0.25, 0.3) is 0 Å². The third-order valence-corrected chi connectivity index (χ3v) is 4.96. The number of carbonyl (C=O) groups is 2. The summed E-state index contributed by atoms with van der Waals surface area (Å²) in [7, 11) is 3.00. The van der Waals surface area contributed by atoms with Crippen molar-refractivity contribution < 1.29 is 33.3 Å². The zero-order chi connectivity index (χ0) is 23.4. The molecular formula is C26H22O7. The normalized spacial score (nSPS) is 13.3. The number of rotatable bonds is 7. The molecule has 0 aromatic heterocycles. The molecule has 33 heavy (non-hydrogen) atoms. The molecule has 1 aliphatic rings. The number of fused-ring (bicyclic) bond motifs is 1. The molecule has 0 saturated carbocycles. The molecule has 0 saturated heterocycles. The molecule has 1 heterocycles. The van der Waals surface area contributed by atoms with E-state index in [0.29, 0.717) is 35.0 Å². The topological polar surface area (TPSA) is 80.3 Å². The molecule has 0 aliphatic carbocycles. The van der Waals surface area contributed by atoms with E-state index >= 15 is 0 Å². The van der Waals surface area contributed by atoms with E-state index in [-0.39, 0.29) is 17.3 Å². The highest BCUT2D eigenvalue weighted by atomic mass is 16.5. The van der Waals surface area contributed by atoms with Gasteiger partial charge in [-0.25, -0.2) is 4.79 Å². The lowest BCUT2D eigenvalue weighted by molar-refractivity contribution is 0.0734. The Kier molecular flexibility index (Phi) is 6.31. The lowest BCUT2D eigenvalue weighted by Gasteiger charge is -2.10. The predicted octanol–water partition coefficient (Wildman–Crippen LogP) is 4.94. The summed E-state index contributed by atoms with van der Waals surface area (Å²) in [6.45, 7) is 2.49. The Morgan fingerprint density at radius 2 is 1.64 bits per heavy atom. The minimum absolute atomic E-state index is 0.192. The molecule has 0 fully saturated rings. The summed E-state index contributed by atoms with van der Waals surface area (Å²) in [5.41, 5.74) is 1.49. The quantitative estimate of drug-likeness (QED) is 0.289. The highest BCUT2D eigenvalue weighted by Gasteiger charge is 2.28. The second kappa shape index (κ2) is 9.48. The fourth-order valence-electron chi connectivity index (χ4n) is 3.34. The van der Waals surface area contributed by atoms with Crippen LogP contribution >= 0.6 is 0 Å². The summed E-state index contributed by atoms with van der Waals surface area (Å²) in [4.78, 5) is 25.3. The number of hydrogen-bond donors (Lipinski definition) is 0. The Morgan fingerprint density at radius 3 is 2.33 bits per heavy atom. The van der Waals surface area contributed by atoms with Gasteiger partial charge in [0.15, 0.2) is 17.3 Å². The highest BCUT2D eigenvalue weighted by molar-refractivity contribution is 6.14. The molecule has 0 radical (unpaired) electrons. The molecule has 0 bridgehead atoms. The third-order valence-electron chi connectivity index (χ3n) is 4.96. The van der Waals surface area contributed by atoms with E-state index in [1.54, 1.807) is 30.3 Å². The molecule has 0 spiro atoms. The highest BCUT2D eigenvalue weighted by Crippen LogP contribution is 2.35. The van der Waals surface area contributed by atoms with Crippen LogP contribution in [0.25, 0.3) is 6.08 Å². The standard InChI is InChI=1S/C26H22O7/c1-4-31-18-8-5-16(6-9-18)13-24-25(27)20-11-10-19(15-22(20)33-24)32-26(28)17-7-12-21(29-2)23(14-17)30-3/h5-15H,4H2,1-3H3/b24-13-. The van der Waals surface area contributed by atoms with Crippen LogP contribution < -0.4 is 23.7 Å². The molecule has 0 N–H and O–H groups in total. The number of allylic oxidation sites excluding steroid dienone is 1. The van der Waals surface area contributed by atoms with Crippen molar-refractivity contribution in [2.24, 2.45) is 0 Å². The van der Waals surface area contributed by atoms with Crippen LogP contribution in [0.3, 0.4) is 0 Å². The van der Waals surface area contributed by atoms with Crippen LogP contribution in [0, 0.1) is 0 Å². The fourth-order valence-corrected chi connectivity index (χ4v) is 3.34. The first-order chi connectivity index (χ1) is 16.0. The molecule has 1 aliphatic heterocycles. The second-order valence-corrected chi connectivity index (χ2v) is 7.06. The van der Waals surface area contributed by atoms with Gasteiger partial charge in [0.1, 0.15) is 17.2 Å². The van der Waals surface area contributed by atoms with Gasteiger partial charge in [0, 0.05) is 6.07 Å². The molecule has 7 nitrogen and oxygen atoms in total. The van der Waals surface area contributed by atoms with Crippen LogP contribution in [-0.4, -0.2) is 32.6 Å². The number of ether oxygens (including phenoxy) is 5. The lowest BCUT2D eigenvalue weighted by Crippen LogP contribution is -2.09. The van der Waals surface area contributed by atoms with Gasteiger partial charge in [-0.1, -0.05) is 12.1 Å².